The van der Waals surface area contributed by atoms with Crippen molar-refractivity contribution in [1.29, 1.82) is 0 Å². The lowest BCUT2D eigenvalue weighted by Crippen LogP contribution is -2.25. The maximum Gasteiger partial charge on any atom is 0.303 e. The van der Waals surface area contributed by atoms with Crippen LogP contribution in [0.4, 0.5) is 10.1 Å². The fourth-order valence-electron chi connectivity index (χ4n) is 1.93. The van der Waals surface area contributed by atoms with Crippen molar-refractivity contribution in [3.05, 3.63) is 29.6 Å². The van der Waals surface area contributed by atoms with Crippen molar-refractivity contribution in [3.63, 3.8) is 0 Å². The van der Waals surface area contributed by atoms with Crippen molar-refractivity contribution in [1.82, 2.24) is 0 Å². The van der Waals surface area contributed by atoms with Crippen LogP contribution < -0.4 is 5.32 Å². The molecule has 1 unspecified atom stereocenters. The molecule has 0 radical (unpaired) electrons. The third kappa shape index (κ3) is 2.26. The Hall–Kier alpha value is -1.58. The molecule has 80 valence electrons. The van der Waals surface area contributed by atoms with E-state index in [1.807, 2.05) is 0 Å². The zero-order valence-corrected chi connectivity index (χ0v) is 8.16. The SMILES string of the molecule is O=C(O)CC1CNc2ccc(F)cc2C1. The number of carboxylic acid groups (broad SMARTS) is 1. The number of fused-ring (bicyclic) bond motifs is 1. The molecule has 1 aromatic rings. The first-order valence-electron chi connectivity index (χ1n) is 4.89. The van der Waals surface area contributed by atoms with Gasteiger partial charge >= 0.3 is 5.97 Å². The highest BCUT2D eigenvalue weighted by atomic mass is 19.1. The maximum absolute atomic E-state index is 12.9. The second kappa shape index (κ2) is 3.88. The Kier molecular flexibility index (Phi) is 2.58. The normalized spacial score (nSPS) is 19.1. The van der Waals surface area contributed by atoms with Crippen molar-refractivity contribution in [2.24, 2.45) is 5.92 Å². The van der Waals surface area contributed by atoms with Crippen LogP contribution in [0.2, 0.25) is 0 Å². The Morgan fingerprint density at radius 2 is 2.40 bits per heavy atom. The Morgan fingerprint density at radius 3 is 3.13 bits per heavy atom. The predicted molar refractivity (Wildman–Crippen MR) is 54.3 cm³/mol. The average Bonchev–Trinajstić information content (AvgIpc) is 2.16. The summed E-state index contributed by atoms with van der Waals surface area (Å²) in [7, 11) is 0. The summed E-state index contributed by atoms with van der Waals surface area (Å²) < 4.78 is 12.9. The van der Waals surface area contributed by atoms with E-state index in [2.05, 4.69) is 5.32 Å². The van der Waals surface area contributed by atoms with Gasteiger partial charge in [-0.15, -0.1) is 0 Å². The number of nitrogens with one attached hydrogen (secondary N) is 1. The fourth-order valence-corrected chi connectivity index (χ4v) is 1.93. The molecule has 2 N–H and O–H groups in total. The summed E-state index contributed by atoms with van der Waals surface area (Å²) in [6.07, 6.45) is 0.759. The van der Waals surface area contributed by atoms with Crippen LogP contribution in [0, 0.1) is 11.7 Å². The summed E-state index contributed by atoms with van der Waals surface area (Å²) in [4.78, 5) is 10.5. The van der Waals surface area contributed by atoms with Crippen molar-refractivity contribution >= 4 is 11.7 Å². The van der Waals surface area contributed by atoms with Gasteiger partial charge in [-0.25, -0.2) is 4.39 Å². The zero-order chi connectivity index (χ0) is 10.8. The second-order valence-electron chi connectivity index (χ2n) is 3.85. The minimum atomic E-state index is -0.804. The average molecular weight is 209 g/mol. The monoisotopic (exact) mass is 209 g/mol. The molecule has 0 spiro atoms. The van der Waals surface area contributed by atoms with Crippen LogP contribution in [0.5, 0.6) is 0 Å². The predicted octanol–water partition coefficient (Wildman–Crippen LogP) is 1.88. The molecule has 0 bridgehead atoms. The molecule has 0 amide bonds. The first-order chi connectivity index (χ1) is 7.15. The summed E-state index contributed by atoms with van der Waals surface area (Å²) in [5.74, 6) is -1.02. The highest BCUT2D eigenvalue weighted by Gasteiger charge is 2.20. The molecular formula is C11H12FNO2. The summed E-state index contributed by atoms with van der Waals surface area (Å²) in [6.45, 7) is 0.644. The molecular weight excluding hydrogens is 197 g/mol. The fraction of sp³-hybridized carbons (Fsp3) is 0.364. The first kappa shape index (κ1) is 9.96. The Balaban J connectivity index is 2.14. The van der Waals surface area contributed by atoms with Crippen LogP contribution in [0.3, 0.4) is 0 Å². The summed E-state index contributed by atoms with van der Waals surface area (Å²) in [6, 6.07) is 4.57. The van der Waals surface area contributed by atoms with Gasteiger partial charge in [-0.3, -0.25) is 4.79 Å². The molecule has 0 saturated heterocycles. The van der Waals surface area contributed by atoms with E-state index in [-0.39, 0.29) is 18.2 Å². The quantitative estimate of drug-likeness (QED) is 0.781. The van der Waals surface area contributed by atoms with E-state index >= 15 is 0 Å². The molecule has 1 atom stereocenters. The second-order valence-corrected chi connectivity index (χ2v) is 3.85. The topological polar surface area (TPSA) is 49.3 Å². The molecule has 3 nitrogen and oxygen atoms in total. The molecule has 0 fully saturated rings. The minimum absolute atomic E-state index is 0.0526. The molecule has 2 rings (SSSR count). The molecule has 0 aliphatic carbocycles. The Labute approximate surface area is 86.9 Å². The number of benzene rings is 1. The van der Waals surface area contributed by atoms with Gasteiger partial charge in [0.15, 0.2) is 0 Å². The first-order valence-corrected chi connectivity index (χ1v) is 4.89. The summed E-state index contributed by atoms with van der Waals surface area (Å²) in [5, 5.41) is 11.8. The number of anilines is 1. The number of hydrogen-bond acceptors (Lipinski definition) is 2. The summed E-state index contributed by atoms with van der Waals surface area (Å²) >= 11 is 0. The van der Waals surface area contributed by atoms with E-state index in [1.165, 1.54) is 12.1 Å². The largest absolute Gasteiger partial charge is 0.481 e. The number of halogens is 1. The number of carbonyl (C=O) groups is 1. The van der Waals surface area contributed by atoms with Crippen LogP contribution in [-0.4, -0.2) is 17.6 Å². The number of aliphatic carboxylic acids is 1. The third-order valence-corrected chi connectivity index (χ3v) is 2.62. The van der Waals surface area contributed by atoms with Gasteiger partial charge in [-0.05, 0) is 36.1 Å². The van der Waals surface area contributed by atoms with E-state index in [9.17, 15) is 9.18 Å². The van der Waals surface area contributed by atoms with E-state index in [1.54, 1.807) is 6.07 Å². The Morgan fingerprint density at radius 1 is 1.60 bits per heavy atom. The smallest absolute Gasteiger partial charge is 0.303 e. The molecule has 4 heteroatoms. The molecule has 1 aliphatic heterocycles. The van der Waals surface area contributed by atoms with Gasteiger partial charge in [-0.1, -0.05) is 0 Å². The van der Waals surface area contributed by atoms with E-state index in [4.69, 9.17) is 5.11 Å². The van der Waals surface area contributed by atoms with Crippen molar-refractivity contribution in [3.8, 4) is 0 Å². The minimum Gasteiger partial charge on any atom is -0.481 e. The number of rotatable bonds is 2. The van der Waals surface area contributed by atoms with Crippen molar-refractivity contribution in [2.75, 3.05) is 11.9 Å². The van der Waals surface area contributed by atoms with Gasteiger partial charge in [-0.2, -0.15) is 0 Å². The van der Waals surface area contributed by atoms with Gasteiger partial charge < -0.3 is 10.4 Å². The standard InChI is InChI=1S/C11H12FNO2/c12-9-1-2-10-8(5-9)3-7(6-13-10)4-11(14)15/h1-2,5,7,13H,3-4,6H2,(H,14,15). The van der Waals surface area contributed by atoms with Gasteiger partial charge in [0, 0.05) is 12.2 Å². The Bertz CT molecular complexity index is 392. The molecule has 1 aliphatic rings. The van der Waals surface area contributed by atoms with Crippen LogP contribution in [-0.2, 0) is 11.2 Å². The zero-order valence-electron chi connectivity index (χ0n) is 8.16. The van der Waals surface area contributed by atoms with Crippen LogP contribution in [0.15, 0.2) is 18.2 Å². The van der Waals surface area contributed by atoms with Gasteiger partial charge in [0.2, 0.25) is 0 Å². The van der Waals surface area contributed by atoms with Gasteiger partial charge in [0.05, 0.1) is 6.42 Å². The number of carboxylic acids is 1. The van der Waals surface area contributed by atoms with Crippen molar-refractivity contribution < 1.29 is 14.3 Å². The van der Waals surface area contributed by atoms with Gasteiger partial charge in [0.25, 0.3) is 0 Å². The number of hydrogen-bond donors (Lipinski definition) is 2. The van der Waals surface area contributed by atoms with Crippen LogP contribution in [0.1, 0.15) is 12.0 Å². The van der Waals surface area contributed by atoms with Crippen molar-refractivity contribution in [2.45, 2.75) is 12.8 Å². The van der Waals surface area contributed by atoms with E-state index < -0.39 is 5.97 Å². The molecule has 1 aromatic carbocycles. The molecule has 0 aromatic heterocycles. The lowest BCUT2D eigenvalue weighted by molar-refractivity contribution is -0.138. The maximum atomic E-state index is 12.9. The summed E-state index contributed by atoms with van der Waals surface area (Å²) in [5.41, 5.74) is 1.78. The molecule has 0 saturated carbocycles. The lowest BCUT2D eigenvalue weighted by atomic mass is 9.91. The highest BCUT2D eigenvalue weighted by molar-refractivity contribution is 5.67. The van der Waals surface area contributed by atoms with E-state index in [0.29, 0.717) is 13.0 Å². The van der Waals surface area contributed by atoms with Crippen LogP contribution in [0.25, 0.3) is 0 Å². The molecule has 15 heavy (non-hydrogen) atoms. The molecule has 1 heterocycles. The van der Waals surface area contributed by atoms with Gasteiger partial charge in [0.1, 0.15) is 5.82 Å². The van der Waals surface area contributed by atoms with E-state index in [0.717, 1.165) is 11.3 Å². The third-order valence-electron chi connectivity index (χ3n) is 2.62. The lowest BCUT2D eigenvalue weighted by Gasteiger charge is -2.24. The van der Waals surface area contributed by atoms with Crippen LogP contribution >= 0.6 is 0 Å². The highest BCUT2D eigenvalue weighted by Crippen LogP contribution is 2.26.